The summed E-state index contributed by atoms with van der Waals surface area (Å²) in [5, 5.41) is 21.3. The Morgan fingerprint density at radius 3 is 2.47 bits per heavy atom. The lowest BCUT2D eigenvalue weighted by Crippen LogP contribution is -2.08. The summed E-state index contributed by atoms with van der Waals surface area (Å²) in [6, 6.07) is 12.6. The van der Waals surface area contributed by atoms with E-state index in [1.54, 1.807) is 0 Å². The van der Waals surface area contributed by atoms with E-state index in [1.165, 1.54) is 12.1 Å². The highest BCUT2D eigenvalue weighted by atomic mass is 79.9. The Bertz CT molecular complexity index is 622. The number of anilines is 1. The second-order valence-corrected chi connectivity index (χ2v) is 4.84. The molecule has 0 spiro atoms. The number of aromatic hydroxyl groups is 1. The first kappa shape index (κ1) is 13.4. The highest BCUT2D eigenvalue weighted by Gasteiger charge is 2.12. The summed E-state index contributed by atoms with van der Waals surface area (Å²) in [4.78, 5) is 0. The van der Waals surface area contributed by atoms with Gasteiger partial charge in [0.1, 0.15) is 6.04 Å². The van der Waals surface area contributed by atoms with Gasteiger partial charge in [0, 0.05) is 10.2 Å². The molecule has 0 radical (unpaired) electrons. The molecule has 0 aromatic heterocycles. The second kappa shape index (κ2) is 5.72. The van der Waals surface area contributed by atoms with Gasteiger partial charge in [0.25, 0.3) is 0 Å². The number of rotatable bonds is 3. The molecule has 2 rings (SSSR count). The van der Waals surface area contributed by atoms with Crippen molar-refractivity contribution in [3.63, 3.8) is 0 Å². The van der Waals surface area contributed by atoms with Crippen LogP contribution >= 0.6 is 15.9 Å². The number of hydrogen-bond donors (Lipinski definition) is 2. The van der Waals surface area contributed by atoms with Crippen LogP contribution in [0.15, 0.2) is 46.9 Å². The fourth-order valence-electron chi connectivity index (χ4n) is 1.61. The van der Waals surface area contributed by atoms with Crippen LogP contribution in [-0.2, 0) is 0 Å². The molecular formula is C14H10BrFN2O. The molecule has 1 atom stereocenters. The number of nitrogens with zero attached hydrogens (tertiary/aromatic N) is 1. The van der Waals surface area contributed by atoms with E-state index in [1.807, 2.05) is 24.3 Å². The quantitative estimate of drug-likeness (QED) is 0.899. The molecule has 19 heavy (non-hydrogen) atoms. The Hall–Kier alpha value is -2.06. The summed E-state index contributed by atoms with van der Waals surface area (Å²) in [5.41, 5.74) is 1.21. The van der Waals surface area contributed by atoms with Gasteiger partial charge in [-0.25, -0.2) is 4.39 Å². The maximum absolute atomic E-state index is 13.3. The Morgan fingerprint density at radius 1 is 1.21 bits per heavy atom. The second-order valence-electron chi connectivity index (χ2n) is 3.92. The summed E-state index contributed by atoms with van der Waals surface area (Å²) < 4.78 is 14.2. The Labute approximate surface area is 118 Å². The molecule has 0 fully saturated rings. The zero-order chi connectivity index (χ0) is 13.8. The average molecular weight is 321 g/mol. The van der Waals surface area contributed by atoms with Gasteiger partial charge in [-0.1, -0.05) is 22.0 Å². The topological polar surface area (TPSA) is 56.0 Å². The Morgan fingerprint density at radius 2 is 1.89 bits per heavy atom. The van der Waals surface area contributed by atoms with Crippen LogP contribution in [0.5, 0.6) is 5.75 Å². The minimum absolute atomic E-state index is 0.427. The predicted molar refractivity (Wildman–Crippen MR) is 74.2 cm³/mol. The lowest BCUT2D eigenvalue weighted by atomic mass is 10.1. The van der Waals surface area contributed by atoms with Crippen molar-refractivity contribution < 1.29 is 9.50 Å². The molecule has 2 aromatic rings. The summed E-state index contributed by atoms with van der Waals surface area (Å²) in [6.45, 7) is 0. The summed E-state index contributed by atoms with van der Waals surface area (Å²) in [7, 11) is 0. The van der Waals surface area contributed by atoms with Crippen LogP contribution in [0.1, 0.15) is 11.6 Å². The minimum Gasteiger partial charge on any atom is -0.505 e. The van der Waals surface area contributed by atoms with E-state index in [4.69, 9.17) is 10.4 Å². The van der Waals surface area contributed by atoms with Crippen molar-refractivity contribution in [3.8, 4) is 11.8 Å². The van der Waals surface area contributed by atoms with Crippen molar-refractivity contribution >= 4 is 21.6 Å². The number of nitrogens with one attached hydrogen (secondary N) is 1. The van der Waals surface area contributed by atoms with Gasteiger partial charge in [-0.15, -0.1) is 0 Å². The van der Waals surface area contributed by atoms with Crippen molar-refractivity contribution in [1.29, 1.82) is 5.26 Å². The highest BCUT2D eigenvalue weighted by Crippen LogP contribution is 2.24. The van der Waals surface area contributed by atoms with Crippen molar-refractivity contribution in [2.24, 2.45) is 0 Å². The van der Waals surface area contributed by atoms with Crippen LogP contribution in [0.2, 0.25) is 0 Å². The average Bonchev–Trinajstić information content (AvgIpc) is 2.41. The maximum atomic E-state index is 13.3. The first-order valence-corrected chi connectivity index (χ1v) is 6.29. The smallest absolute Gasteiger partial charge is 0.165 e. The molecule has 0 aliphatic carbocycles. The van der Waals surface area contributed by atoms with Crippen LogP contribution in [0.25, 0.3) is 0 Å². The van der Waals surface area contributed by atoms with Gasteiger partial charge in [-0.2, -0.15) is 5.26 Å². The van der Waals surface area contributed by atoms with Crippen LogP contribution in [0, 0.1) is 17.1 Å². The van der Waals surface area contributed by atoms with E-state index >= 15 is 0 Å². The zero-order valence-electron chi connectivity index (χ0n) is 9.77. The molecule has 2 aromatic carbocycles. The van der Waals surface area contributed by atoms with Gasteiger partial charge >= 0.3 is 0 Å². The number of hydrogen-bond acceptors (Lipinski definition) is 3. The van der Waals surface area contributed by atoms with Gasteiger partial charge < -0.3 is 10.4 Å². The third-order valence-electron chi connectivity index (χ3n) is 2.59. The lowest BCUT2D eigenvalue weighted by Gasteiger charge is -2.13. The van der Waals surface area contributed by atoms with E-state index < -0.39 is 17.6 Å². The molecule has 0 saturated carbocycles. The van der Waals surface area contributed by atoms with Crippen molar-refractivity contribution in [1.82, 2.24) is 0 Å². The maximum Gasteiger partial charge on any atom is 0.165 e. The molecule has 0 saturated heterocycles. The fraction of sp³-hybridized carbons (Fsp3) is 0.0714. The van der Waals surface area contributed by atoms with Crippen molar-refractivity contribution in [2.75, 3.05) is 5.32 Å². The number of phenolic OH excluding ortho intramolecular Hbond substituents is 1. The molecule has 0 aliphatic rings. The van der Waals surface area contributed by atoms with Gasteiger partial charge in [0.15, 0.2) is 11.6 Å². The zero-order valence-corrected chi connectivity index (χ0v) is 11.4. The van der Waals surface area contributed by atoms with Gasteiger partial charge in [-0.3, -0.25) is 0 Å². The van der Waals surface area contributed by atoms with Gasteiger partial charge in [-0.05, 0) is 42.0 Å². The Balaban J connectivity index is 2.23. The van der Waals surface area contributed by atoms with E-state index in [2.05, 4.69) is 27.3 Å². The third kappa shape index (κ3) is 3.24. The molecule has 0 bridgehead atoms. The van der Waals surface area contributed by atoms with E-state index in [9.17, 15) is 4.39 Å². The van der Waals surface area contributed by atoms with Gasteiger partial charge in [0.2, 0.25) is 0 Å². The molecule has 0 heterocycles. The standard InChI is InChI=1S/C14H10BrFN2O/c15-10-2-4-11(5-3-10)18-13(8-17)9-1-6-14(19)12(16)7-9/h1-7,13,18-19H. The molecule has 3 nitrogen and oxygen atoms in total. The molecule has 0 aliphatic heterocycles. The van der Waals surface area contributed by atoms with E-state index in [0.29, 0.717) is 5.56 Å². The summed E-state index contributed by atoms with van der Waals surface area (Å²) >= 11 is 3.32. The number of nitriles is 1. The van der Waals surface area contributed by atoms with E-state index in [0.717, 1.165) is 16.2 Å². The summed E-state index contributed by atoms with van der Waals surface area (Å²) in [5.74, 6) is -1.17. The molecule has 1 unspecified atom stereocenters. The van der Waals surface area contributed by atoms with Crippen LogP contribution < -0.4 is 5.32 Å². The third-order valence-corrected chi connectivity index (χ3v) is 3.12. The van der Waals surface area contributed by atoms with Crippen molar-refractivity contribution in [2.45, 2.75) is 6.04 Å². The van der Waals surface area contributed by atoms with Crippen LogP contribution in [-0.4, -0.2) is 5.11 Å². The Kier molecular flexibility index (Phi) is 4.03. The first-order valence-electron chi connectivity index (χ1n) is 5.50. The monoisotopic (exact) mass is 320 g/mol. The first-order chi connectivity index (χ1) is 9.10. The number of benzene rings is 2. The van der Waals surface area contributed by atoms with E-state index in [-0.39, 0.29) is 0 Å². The largest absolute Gasteiger partial charge is 0.505 e. The molecule has 0 amide bonds. The van der Waals surface area contributed by atoms with Crippen LogP contribution in [0.3, 0.4) is 0 Å². The SMILES string of the molecule is N#CC(Nc1ccc(Br)cc1)c1ccc(O)c(F)c1. The van der Waals surface area contributed by atoms with Crippen LogP contribution in [0.4, 0.5) is 10.1 Å². The molecule has 96 valence electrons. The minimum atomic E-state index is -0.740. The molecular weight excluding hydrogens is 311 g/mol. The highest BCUT2D eigenvalue weighted by molar-refractivity contribution is 9.10. The fourth-order valence-corrected chi connectivity index (χ4v) is 1.87. The number of phenols is 1. The predicted octanol–water partition coefficient (Wildman–Crippen LogP) is 3.97. The lowest BCUT2D eigenvalue weighted by molar-refractivity contribution is 0.431. The molecule has 2 N–H and O–H groups in total. The van der Waals surface area contributed by atoms with Crippen molar-refractivity contribution in [3.05, 3.63) is 58.3 Å². The normalized spacial score (nSPS) is 11.6. The number of halogens is 2. The molecule has 5 heteroatoms. The summed E-state index contributed by atoms with van der Waals surface area (Å²) in [6.07, 6.45) is 0. The van der Waals surface area contributed by atoms with Gasteiger partial charge in [0.05, 0.1) is 6.07 Å².